The summed E-state index contributed by atoms with van der Waals surface area (Å²) >= 11 is 0.775. The molecule has 0 aliphatic carbocycles. The van der Waals surface area contributed by atoms with E-state index in [1.54, 1.807) is 0 Å². The first-order chi connectivity index (χ1) is 8.45. The number of carboxylic acid groups (broad SMARTS) is 1. The maximum Gasteiger partial charge on any atom is 0.356 e. The van der Waals surface area contributed by atoms with Crippen LogP contribution in [0, 0.1) is 12.3 Å². The zero-order chi connectivity index (χ0) is 13.8. The summed E-state index contributed by atoms with van der Waals surface area (Å²) < 4.78 is 25.3. The van der Waals surface area contributed by atoms with E-state index in [-0.39, 0.29) is 17.3 Å². The first kappa shape index (κ1) is 14.6. The van der Waals surface area contributed by atoms with Gasteiger partial charge < -0.3 is 5.11 Å². The molecule has 0 aromatic carbocycles. The molecule has 8 heteroatoms. The van der Waals surface area contributed by atoms with E-state index >= 15 is 0 Å². The summed E-state index contributed by atoms with van der Waals surface area (Å²) in [7, 11) is -3.89. The minimum absolute atomic E-state index is 0.0901. The Morgan fingerprint density at radius 2 is 2.33 bits per heavy atom. The van der Waals surface area contributed by atoms with Crippen LogP contribution in [-0.4, -0.2) is 41.9 Å². The summed E-state index contributed by atoms with van der Waals surface area (Å²) in [5.41, 5.74) is 0.731. The van der Waals surface area contributed by atoms with E-state index in [2.05, 4.69) is 10.9 Å². The van der Waals surface area contributed by atoms with Crippen molar-refractivity contribution in [1.29, 1.82) is 0 Å². The highest BCUT2D eigenvalue weighted by atomic mass is 32.2. The van der Waals surface area contributed by atoms with E-state index in [0.717, 1.165) is 15.6 Å². The van der Waals surface area contributed by atoms with E-state index < -0.39 is 21.7 Å². The Balaban J connectivity index is 3.23. The van der Waals surface area contributed by atoms with Crippen LogP contribution >= 0.6 is 11.3 Å². The normalized spacial score (nSPS) is 11.4. The molecule has 1 heterocycles. The molecular weight excluding hydrogens is 276 g/mol. The molecule has 0 amide bonds. The molecule has 0 aliphatic rings. The molecule has 1 rings (SSSR count). The molecule has 0 aliphatic heterocycles. The largest absolute Gasteiger partial charge is 0.476 e. The third-order valence-electron chi connectivity index (χ3n) is 2.05. The van der Waals surface area contributed by atoms with Gasteiger partial charge in [-0.1, -0.05) is 12.8 Å². The van der Waals surface area contributed by atoms with Gasteiger partial charge in [0.1, 0.15) is 0 Å². The van der Waals surface area contributed by atoms with Crippen molar-refractivity contribution in [2.75, 3.05) is 13.1 Å². The van der Waals surface area contributed by atoms with Gasteiger partial charge in [0.15, 0.2) is 9.90 Å². The van der Waals surface area contributed by atoms with Gasteiger partial charge in [-0.25, -0.2) is 18.2 Å². The second-order valence-corrected chi connectivity index (χ2v) is 6.32. The van der Waals surface area contributed by atoms with Gasteiger partial charge in [0, 0.05) is 6.54 Å². The zero-order valence-corrected chi connectivity index (χ0v) is 11.3. The van der Waals surface area contributed by atoms with Gasteiger partial charge in [-0.15, -0.1) is 17.8 Å². The number of hydrogen-bond donors (Lipinski definition) is 1. The maximum absolute atomic E-state index is 12.2. The molecule has 1 aromatic rings. The topological polar surface area (TPSA) is 87.6 Å². The maximum atomic E-state index is 12.2. The number of hydrogen-bond acceptors (Lipinski definition) is 5. The second-order valence-electron chi connectivity index (χ2n) is 3.34. The molecule has 18 heavy (non-hydrogen) atoms. The first-order valence-electron chi connectivity index (χ1n) is 5.05. The van der Waals surface area contributed by atoms with Crippen molar-refractivity contribution in [1.82, 2.24) is 9.29 Å². The van der Waals surface area contributed by atoms with Gasteiger partial charge in [-0.2, -0.15) is 4.31 Å². The minimum Gasteiger partial charge on any atom is -0.476 e. The van der Waals surface area contributed by atoms with Crippen LogP contribution < -0.4 is 0 Å². The summed E-state index contributed by atoms with van der Waals surface area (Å²) in [6, 6.07) is 0. The van der Waals surface area contributed by atoms with Crippen molar-refractivity contribution in [3.05, 3.63) is 11.2 Å². The Hall–Kier alpha value is -1.43. The van der Waals surface area contributed by atoms with Crippen LogP contribution in [-0.2, 0) is 10.0 Å². The molecule has 0 fully saturated rings. The number of sulfonamides is 1. The third kappa shape index (κ3) is 2.87. The highest BCUT2D eigenvalue weighted by Gasteiger charge is 2.30. The van der Waals surface area contributed by atoms with Gasteiger partial charge in [0.2, 0.25) is 0 Å². The van der Waals surface area contributed by atoms with E-state index in [4.69, 9.17) is 11.5 Å². The average Bonchev–Trinajstić information content (AvgIpc) is 2.78. The van der Waals surface area contributed by atoms with Crippen molar-refractivity contribution in [2.45, 2.75) is 17.6 Å². The Morgan fingerprint density at radius 3 is 2.83 bits per heavy atom. The number of terminal acetylenes is 1. The number of carboxylic acids is 1. The molecule has 0 atom stereocenters. The molecule has 98 valence electrons. The molecule has 0 saturated carbocycles. The van der Waals surface area contributed by atoms with Crippen molar-refractivity contribution < 1.29 is 18.3 Å². The molecule has 0 saturated heterocycles. The van der Waals surface area contributed by atoms with Gasteiger partial charge >= 0.3 is 5.97 Å². The van der Waals surface area contributed by atoms with Crippen molar-refractivity contribution in [3.8, 4) is 12.3 Å². The quantitative estimate of drug-likeness (QED) is 0.785. The fourth-order valence-corrected chi connectivity index (χ4v) is 4.04. The average molecular weight is 288 g/mol. The summed E-state index contributed by atoms with van der Waals surface area (Å²) in [4.78, 5) is 14.4. The molecule has 1 N–H and O–H groups in total. The summed E-state index contributed by atoms with van der Waals surface area (Å²) in [6.45, 7) is 1.96. The SMILES string of the molecule is C#CCN(CCC)S(=O)(=O)c1scnc1C(=O)O. The van der Waals surface area contributed by atoms with Crippen LogP contribution in [0.5, 0.6) is 0 Å². The predicted molar refractivity (Wildman–Crippen MR) is 67.0 cm³/mol. The standard InChI is InChI=1S/C10H12N2O4S2/c1-3-5-12(6-4-2)18(15,16)10-8(9(13)14)11-7-17-10/h1,7H,4-6H2,2H3,(H,13,14). The van der Waals surface area contributed by atoms with Gasteiger partial charge in [0.25, 0.3) is 10.0 Å². The van der Waals surface area contributed by atoms with Crippen LogP contribution in [0.4, 0.5) is 0 Å². The summed E-state index contributed by atoms with van der Waals surface area (Å²) in [6.07, 6.45) is 5.71. The zero-order valence-electron chi connectivity index (χ0n) is 9.66. The van der Waals surface area contributed by atoms with Crippen LogP contribution in [0.1, 0.15) is 23.8 Å². The third-order valence-corrected chi connectivity index (χ3v) is 5.24. The van der Waals surface area contributed by atoms with Gasteiger partial charge in [-0.3, -0.25) is 0 Å². The van der Waals surface area contributed by atoms with E-state index in [1.165, 1.54) is 5.51 Å². The van der Waals surface area contributed by atoms with E-state index in [9.17, 15) is 13.2 Å². The lowest BCUT2D eigenvalue weighted by atomic mass is 10.5. The molecule has 6 nitrogen and oxygen atoms in total. The highest BCUT2D eigenvalue weighted by molar-refractivity contribution is 7.91. The molecule has 0 spiro atoms. The highest BCUT2D eigenvalue weighted by Crippen LogP contribution is 2.24. The second kappa shape index (κ2) is 5.95. The predicted octanol–water partition coefficient (Wildman–Crippen LogP) is 0.875. The van der Waals surface area contributed by atoms with E-state index in [0.29, 0.717) is 6.42 Å². The molecular formula is C10H12N2O4S2. The molecule has 1 aromatic heterocycles. The number of aromatic carboxylic acids is 1. The number of carbonyl (C=O) groups is 1. The number of aromatic nitrogens is 1. The van der Waals surface area contributed by atoms with Crippen molar-refractivity contribution >= 4 is 27.3 Å². The number of rotatable bonds is 6. The molecule has 0 radical (unpaired) electrons. The van der Waals surface area contributed by atoms with Crippen LogP contribution in [0.2, 0.25) is 0 Å². The van der Waals surface area contributed by atoms with Crippen molar-refractivity contribution in [2.24, 2.45) is 0 Å². The Bertz CT molecular complexity index is 571. The summed E-state index contributed by atoms with van der Waals surface area (Å²) in [5, 5.41) is 8.88. The van der Waals surface area contributed by atoms with Gasteiger partial charge in [-0.05, 0) is 6.42 Å². The van der Waals surface area contributed by atoms with Crippen molar-refractivity contribution in [3.63, 3.8) is 0 Å². The lowest BCUT2D eigenvalue weighted by Gasteiger charge is -2.17. The monoisotopic (exact) mass is 288 g/mol. The lowest BCUT2D eigenvalue weighted by molar-refractivity contribution is 0.0687. The van der Waals surface area contributed by atoms with Gasteiger partial charge in [0.05, 0.1) is 12.1 Å². The van der Waals surface area contributed by atoms with Crippen LogP contribution in [0.25, 0.3) is 0 Å². The molecule has 0 unspecified atom stereocenters. The number of nitrogens with zero attached hydrogens (tertiary/aromatic N) is 2. The van der Waals surface area contributed by atoms with Crippen LogP contribution in [0.3, 0.4) is 0 Å². The van der Waals surface area contributed by atoms with E-state index in [1.807, 2.05) is 6.92 Å². The first-order valence-corrected chi connectivity index (χ1v) is 7.37. The smallest absolute Gasteiger partial charge is 0.356 e. The number of thiazole rings is 1. The fourth-order valence-electron chi connectivity index (χ4n) is 1.31. The summed E-state index contributed by atoms with van der Waals surface area (Å²) in [5.74, 6) is 0.884. The Kier molecular flexibility index (Phi) is 4.84. The fraction of sp³-hybridized carbons (Fsp3) is 0.400. The van der Waals surface area contributed by atoms with Crippen LogP contribution in [0.15, 0.2) is 9.72 Å². The Labute approximate surface area is 109 Å². The minimum atomic E-state index is -3.89. The lowest BCUT2D eigenvalue weighted by Crippen LogP contribution is -2.32. The molecule has 0 bridgehead atoms. The Morgan fingerprint density at radius 1 is 1.67 bits per heavy atom.